The van der Waals surface area contributed by atoms with Gasteiger partial charge in [-0.2, -0.15) is 0 Å². The first-order valence-electron chi connectivity index (χ1n) is 8.06. The van der Waals surface area contributed by atoms with Crippen molar-refractivity contribution in [1.82, 2.24) is 10.2 Å². The number of nitrogens with zero attached hydrogens (tertiary/aromatic N) is 1. The number of urea groups is 1. The first kappa shape index (κ1) is 16.5. The minimum absolute atomic E-state index is 0.0971. The minimum atomic E-state index is -0.435. The lowest BCUT2D eigenvalue weighted by molar-refractivity contribution is -0.128. The molecular formula is C18H26N2O2. The second-order valence-corrected chi connectivity index (χ2v) is 6.79. The van der Waals surface area contributed by atoms with Gasteiger partial charge in [0.25, 0.3) is 5.91 Å². The number of benzene rings is 1. The highest BCUT2D eigenvalue weighted by atomic mass is 16.2. The molecule has 0 saturated carbocycles. The number of hydrogen-bond donors (Lipinski definition) is 1. The molecule has 0 radical (unpaired) electrons. The standard InChI is InChI=1S/C18H26N2O2/c1-12(2)15(13(3)4)11-20-17(21)16(19-18(20)22)10-14-8-6-5-7-9-14/h5-9,12-13,15-16H,10-11H2,1-4H3,(H,19,22). The van der Waals surface area contributed by atoms with E-state index in [1.807, 2.05) is 30.3 Å². The van der Waals surface area contributed by atoms with E-state index < -0.39 is 6.04 Å². The van der Waals surface area contributed by atoms with E-state index in [0.717, 1.165) is 5.56 Å². The molecule has 0 aromatic heterocycles. The molecule has 4 heteroatoms. The molecule has 1 heterocycles. The van der Waals surface area contributed by atoms with E-state index in [-0.39, 0.29) is 11.9 Å². The molecule has 1 aromatic rings. The fraction of sp³-hybridized carbons (Fsp3) is 0.556. The van der Waals surface area contributed by atoms with E-state index in [1.54, 1.807) is 0 Å². The molecule has 1 fully saturated rings. The number of nitrogens with one attached hydrogen (secondary N) is 1. The van der Waals surface area contributed by atoms with Gasteiger partial charge in [0.05, 0.1) is 0 Å². The van der Waals surface area contributed by atoms with Gasteiger partial charge in [0.2, 0.25) is 0 Å². The van der Waals surface area contributed by atoms with Crippen molar-refractivity contribution in [3.63, 3.8) is 0 Å². The third-order valence-corrected chi connectivity index (χ3v) is 4.50. The lowest BCUT2D eigenvalue weighted by atomic mass is 9.85. The van der Waals surface area contributed by atoms with Gasteiger partial charge >= 0.3 is 6.03 Å². The van der Waals surface area contributed by atoms with Gasteiger partial charge in [0.15, 0.2) is 0 Å². The van der Waals surface area contributed by atoms with Crippen molar-refractivity contribution in [3.05, 3.63) is 35.9 Å². The van der Waals surface area contributed by atoms with Gasteiger partial charge in [-0.05, 0) is 23.3 Å². The Morgan fingerprint density at radius 2 is 1.64 bits per heavy atom. The van der Waals surface area contributed by atoms with Crippen molar-refractivity contribution in [1.29, 1.82) is 0 Å². The van der Waals surface area contributed by atoms with Crippen molar-refractivity contribution in [2.75, 3.05) is 6.54 Å². The molecule has 0 bridgehead atoms. The van der Waals surface area contributed by atoms with Crippen LogP contribution in [0.3, 0.4) is 0 Å². The number of hydrogen-bond acceptors (Lipinski definition) is 2. The largest absolute Gasteiger partial charge is 0.325 e. The van der Waals surface area contributed by atoms with Crippen molar-refractivity contribution >= 4 is 11.9 Å². The van der Waals surface area contributed by atoms with Gasteiger partial charge in [-0.15, -0.1) is 0 Å². The normalized spacial score (nSPS) is 18.7. The SMILES string of the molecule is CC(C)C(CN1C(=O)NC(Cc2ccccc2)C1=O)C(C)C. The molecule has 1 unspecified atom stereocenters. The van der Waals surface area contributed by atoms with E-state index in [1.165, 1.54) is 4.90 Å². The molecule has 2 rings (SSSR count). The third-order valence-electron chi connectivity index (χ3n) is 4.50. The van der Waals surface area contributed by atoms with Crippen LogP contribution in [0.2, 0.25) is 0 Å². The van der Waals surface area contributed by atoms with Crippen molar-refractivity contribution in [2.24, 2.45) is 17.8 Å². The summed E-state index contributed by atoms with van der Waals surface area (Å²) in [5.74, 6) is 1.10. The van der Waals surface area contributed by atoms with E-state index >= 15 is 0 Å². The predicted octanol–water partition coefficient (Wildman–Crippen LogP) is 3.08. The molecule has 0 spiro atoms. The van der Waals surface area contributed by atoms with Gasteiger partial charge in [0.1, 0.15) is 6.04 Å². The minimum Gasteiger partial charge on any atom is -0.325 e. The highest BCUT2D eigenvalue weighted by molar-refractivity contribution is 6.04. The van der Waals surface area contributed by atoms with E-state index in [0.29, 0.717) is 30.7 Å². The van der Waals surface area contributed by atoms with Gasteiger partial charge in [-0.3, -0.25) is 9.69 Å². The number of carbonyl (C=O) groups is 2. The zero-order valence-corrected chi connectivity index (χ0v) is 13.9. The molecule has 1 aliphatic heterocycles. The summed E-state index contributed by atoms with van der Waals surface area (Å²) in [6.45, 7) is 9.08. The summed E-state index contributed by atoms with van der Waals surface area (Å²) >= 11 is 0. The summed E-state index contributed by atoms with van der Waals surface area (Å²) in [5.41, 5.74) is 1.06. The fourth-order valence-electron chi connectivity index (χ4n) is 3.14. The van der Waals surface area contributed by atoms with Crippen LogP contribution in [0.15, 0.2) is 30.3 Å². The number of amides is 3. The van der Waals surface area contributed by atoms with E-state index in [4.69, 9.17) is 0 Å². The van der Waals surface area contributed by atoms with Crippen LogP contribution in [0.25, 0.3) is 0 Å². The molecular weight excluding hydrogens is 276 g/mol. The van der Waals surface area contributed by atoms with Gasteiger partial charge < -0.3 is 5.32 Å². The van der Waals surface area contributed by atoms with Gasteiger partial charge in [0, 0.05) is 13.0 Å². The highest BCUT2D eigenvalue weighted by Crippen LogP contribution is 2.24. The Morgan fingerprint density at radius 1 is 1.05 bits per heavy atom. The molecule has 0 aliphatic carbocycles. The maximum absolute atomic E-state index is 12.5. The number of rotatable bonds is 6. The smallest absolute Gasteiger partial charge is 0.324 e. The second-order valence-electron chi connectivity index (χ2n) is 6.79. The summed E-state index contributed by atoms with van der Waals surface area (Å²) in [6.07, 6.45) is 0.552. The average Bonchev–Trinajstić information content (AvgIpc) is 2.71. The highest BCUT2D eigenvalue weighted by Gasteiger charge is 2.39. The lowest BCUT2D eigenvalue weighted by Crippen LogP contribution is -2.39. The number of carbonyl (C=O) groups excluding carboxylic acids is 2. The molecule has 1 aliphatic rings. The van der Waals surface area contributed by atoms with Crippen molar-refractivity contribution < 1.29 is 9.59 Å². The van der Waals surface area contributed by atoms with Crippen LogP contribution >= 0.6 is 0 Å². The van der Waals surface area contributed by atoms with Crippen LogP contribution in [0, 0.1) is 17.8 Å². The van der Waals surface area contributed by atoms with Crippen LogP contribution in [0.5, 0.6) is 0 Å². The van der Waals surface area contributed by atoms with Gasteiger partial charge in [-0.25, -0.2) is 4.79 Å². The predicted molar refractivity (Wildman–Crippen MR) is 87.3 cm³/mol. The Morgan fingerprint density at radius 3 is 2.18 bits per heavy atom. The van der Waals surface area contributed by atoms with Crippen LogP contribution < -0.4 is 5.32 Å². The molecule has 22 heavy (non-hydrogen) atoms. The Labute approximate surface area is 132 Å². The van der Waals surface area contributed by atoms with E-state index in [9.17, 15) is 9.59 Å². The van der Waals surface area contributed by atoms with E-state index in [2.05, 4.69) is 33.0 Å². The fourth-order valence-corrected chi connectivity index (χ4v) is 3.14. The molecule has 120 valence electrons. The monoisotopic (exact) mass is 302 g/mol. The first-order valence-corrected chi connectivity index (χ1v) is 8.06. The lowest BCUT2D eigenvalue weighted by Gasteiger charge is -2.28. The Bertz CT molecular complexity index is 517. The second kappa shape index (κ2) is 6.95. The zero-order chi connectivity index (χ0) is 16.3. The summed E-state index contributed by atoms with van der Waals surface area (Å²) in [5, 5.41) is 2.82. The summed E-state index contributed by atoms with van der Waals surface area (Å²) in [7, 11) is 0. The van der Waals surface area contributed by atoms with Crippen LogP contribution in [-0.2, 0) is 11.2 Å². The molecule has 1 atom stereocenters. The molecule has 1 saturated heterocycles. The summed E-state index contributed by atoms with van der Waals surface area (Å²) in [4.78, 5) is 26.1. The zero-order valence-electron chi connectivity index (χ0n) is 13.9. The topological polar surface area (TPSA) is 49.4 Å². The number of imide groups is 1. The maximum Gasteiger partial charge on any atom is 0.324 e. The Hall–Kier alpha value is -1.84. The van der Waals surface area contributed by atoms with Crippen molar-refractivity contribution in [3.8, 4) is 0 Å². The average molecular weight is 302 g/mol. The maximum atomic E-state index is 12.5. The first-order chi connectivity index (χ1) is 10.4. The Kier molecular flexibility index (Phi) is 5.22. The van der Waals surface area contributed by atoms with Crippen LogP contribution in [0.1, 0.15) is 33.3 Å². The van der Waals surface area contributed by atoms with Crippen molar-refractivity contribution in [2.45, 2.75) is 40.2 Å². The third kappa shape index (κ3) is 3.67. The van der Waals surface area contributed by atoms with Gasteiger partial charge in [-0.1, -0.05) is 58.0 Å². The van der Waals surface area contributed by atoms with Crippen LogP contribution in [-0.4, -0.2) is 29.4 Å². The quantitative estimate of drug-likeness (QED) is 0.821. The molecule has 4 nitrogen and oxygen atoms in total. The Balaban J connectivity index is 2.05. The molecule has 3 amide bonds. The molecule has 1 aromatic carbocycles. The summed E-state index contributed by atoms with van der Waals surface area (Å²) < 4.78 is 0. The van der Waals surface area contributed by atoms with Crippen LogP contribution in [0.4, 0.5) is 4.79 Å². The molecule has 1 N–H and O–H groups in total. The summed E-state index contributed by atoms with van der Waals surface area (Å²) in [6, 6.07) is 9.11.